The van der Waals surface area contributed by atoms with E-state index >= 15 is 0 Å². The Kier molecular flexibility index (Phi) is 4.71. The second-order valence-electron chi connectivity index (χ2n) is 3.95. The molecule has 0 saturated heterocycles. The van der Waals surface area contributed by atoms with Gasteiger partial charge >= 0.3 is 0 Å². The molecule has 0 spiro atoms. The fourth-order valence-electron chi connectivity index (χ4n) is 1.60. The number of sulfonamides is 1. The molecule has 8 heteroatoms. The molecule has 2 rings (SSSR count). The molecule has 0 bridgehead atoms. The minimum absolute atomic E-state index is 0.00165. The number of nitrogens with zero attached hydrogens (tertiary/aromatic N) is 1. The molecule has 2 N–H and O–H groups in total. The third-order valence-electron chi connectivity index (χ3n) is 2.63. The van der Waals surface area contributed by atoms with Gasteiger partial charge in [0.1, 0.15) is 10.6 Å². The van der Waals surface area contributed by atoms with Gasteiger partial charge in [0.25, 0.3) is 0 Å². The summed E-state index contributed by atoms with van der Waals surface area (Å²) in [6.07, 6.45) is 0. The highest BCUT2D eigenvalue weighted by Gasteiger charge is 2.20. The van der Waals surface area contributed by atoms with Crippen LogP contribution in [0, 0.1) is 0 Å². The van der Waals surface area contributed by atoms with E-state index in [2.05, 4.69) is 9.71 Å². The van der Waals surface area contributed by atoms with E-state index < -0.39 is 10.0 Å². The zero-order valence-corrected chi connectivity index (χ0v) is 12.4. The van der Waals surface area contributed by atoms with Crippen molar-refractivity contribution in [1.29, 1.82) is 0 Å². The number of thiazole rings is 1. The van der Waals surface area contributed by atoms with Crippen LogP contribution in [0.2, 0.25) is 0 Å². The topological polar surface area (TPSA) is 88.5 Å². The van der Waals surface area contributed by atoms with Crippen molar-refractivity contribution in [1.82, 2.24) is 9.71 Å². The van der Waals surface area contributed by atoms with Crippen LogP contribution in [0.4, 0.5) is 0 Å². The predicted octanol–water partition coefficient (Wildman–Crippen LogP) is 1.12. The Hall–Kier alpha value is -1.48. The van der Waals surface area contributed by atoms with Gasteiger partial charge in [-0.1, -0.05) is 6.07 Å². The van der Waals surface area contributed by atoms with Crippen LogP contribution in [-0.2, 0) is 23.2 Å². The fraction of sp³-hybridized carbons (Fsp3) is 0.250. The van der Waals surface area contributed by atoms with Crippen molar-refractivity contribution in [2.75, 3.05) is 7.11 Å². The molecule has 2 aromatic rings. The molecular weight excluding hydrogens is 300 g/mol. The molecule has 20 heavy (non-hydrogen) atoms. The molecule has 0 radical (unpaired) electrons. The quantitative estimate of drug-likeness (QED) is 0.834. The summed E-state index contributed by atoms with van der Waals surface area (Å²) in [6, 6.07) is 4.52. The summed E-state index contributed by atoms with van der Waals surface area (Å²) in [7, 11) is -2.34. The van der Waals surface area contributed by atoms with E-state index in [1.54, 1.807) is 17.0 Å². The molecule has 1 heterocycles. The van der Waals surface area contributed by atoms with Crippen LogP contribution in [0.1, 0.15) is 11.3 Å². The molecule has 0 atom stereocenters. The molecule has 108 valence electrons. The summed E-state index contributed by atoms with van der Waals surface area (Å²) in [5, 5.41) is 10.9. The van der Waals surface area contributed by atoms with Crippen molar-refractivity contribution in [2.45, 2.75) is 18.0 Å². The van der Waals surface area contributed by atoms with Crippen LogP contribution in [-0.4, -0.2) is 25.6 Å². The zero-order chi connectivity index (χ0) is 14.6. The van der Waals surface area contributed by atoms with Crippen LogP contribution in [0.3, 0.4) is 0 Å². The lowest BCUT2D eigenvalue weighted by Crippen LogP contribution is -2.24. The maximum absolute atomic E-state index is 12.3. The molecular formula is C12H14N2O4S2. The number of aliphatic hydroxyl groups excluding tert-OH is 1. The van der Waals surface area contributed by atoms with Gasteiger partial charge in [0.15, 0.2) is 0 Å². The van der Waals surface area contributed by atoms with E-state index in [0.29, 0.717) is 11.3 Å². The maximum Gasteiger partial charge on any atom is 0.244 e. The molecule has 1 aromatic carbocycles. The van der Waals surface area contributed by atoms with Crippen LogP contribution >= 0.6 is 11.3 Å². The van der Waals surface area contributed by atoms with Crippen molar-refractivity contribution >= 4 is 21.4 Å². The third kappa shape index (κ3) is 3.34. The maximum atomic E-state index is 12.3. The lowest BCUT2D eigenvalue weighted by atomic mass is 10.2. The Labute approximate surface area is 121 Å². The summed E-state index contributed by atoms with van der Waals surface area (Å²) in [5.41, 5.74) is 2.78. The minimum Gasteiger partial charge on any atom is -0.495 e. The number of ether oxygens (including phenoxy) is 1. The number of hydrogen-bond donors (Lipinski definition) is 2. The van der Waals surface area contributed by atoms with Gasteiger partial charge in [-0.05, 0) is 17.7 Å². The normalized spacial score (nSPS) is 11.5. The van der Waals surface area contributed by atoms with E-state index in [1.807, 2.05) is 0 Å². The van der Waals surface area contributed by atoms with E-state index in [1.165, 1.54) is 30.6 Å². The van der Waals surface area contributed by atoms with Gasteiger partial charge < -0.3 is 9.84 Å². The van der Waals surface area contributed by atoms with Crippen molar-refractivity contribution in [2.24, 2.45) is 0 Å². The Morgan fingerprint density at radius 2 is 2.25 bits per heavy atom. The largest absolute Gasteiger partial charge is 0.495 e. The number of hydrogen-bond acceptors (Lipinski definition) is 6. The predicted molar refractivity (Wildman–Crippen MR) is 75.1 cm³/mol. The third-order valence-corrected chi connectivity index (χ3v) is 4.68. The first-order valence-electron chi connectivity index (χ1n) is 5.71. The van der Waals surface area contributed by atoms with E-state index in [4.69, 9.17) is 9.84 Å². The van der Waals surface area contributed by atoms with Gasteiger partial charge in [-0.3, -0.25) is 0 Å². The number of rotatable bonds is 6. The molecule has 0 aliphatic carbocycles. The van der Waals surface area contributed by atoms with Crippen LogP contribution < -0.4 is 9.46 Å². The minimum atomic E-state index is -3.73. The molecule has 0 aliphatic heterocycles. The van der Waals surface area contributed by atoms with Crippen LogP contribution in [0.5, 0.6) is 5.75 Å². The van der Waals surface area contributed by atoms with Crippen molar-refractivity contribution in [3.8, 4) is 5.75 Å². The van der Waals surface area contributed by atoms with Crippen molar-refractivity contribution in [3.05, 3.63) is 40.3 Å². The Morgan fingerprint density at radius 3 is 2.85 bits per heavy atom. The van der Waals surface area contributed by atoms with Crippen molar-refractivity contribution < 1.29 is 18.3 Å². The molecule has 0 fully saturated rings. The molecule has 6 nitrogen and oxygen atoms in total. The number of aromatic nitrogens is 1. The first-order chi connectivity index (χ1) is 9.56. The second-order valence-corrected chi connectivity index (χ2v) is 6.40. The Morgan fingerprint density at radius 1 is 1.45 bits per heavy atom. The van der Waals surface area contributed by atoms with E-state index in [-0.39, 0.29) is 23.8 Å². The Balaban J connectivity index is 2.28. The van der Waals surface area contributed by atoms with E-state index in [0.717, 1.165) is 0 Å². The summed E-state index contributed by atoms with van der Waals surface area (Å²) in [5.74, 6) is 0.230. The van der Waals surface area contributed by atoms with Gasteiger partial charge in [-0.15, -0.1) is 11.3 Å². The molecule has 0 unspecified atom stereocenters. The van der Waals surface area contributed by atoms with Gasteiger partial charge in [0.2, 0.25) is 10.0 Å². The van der Waals surface area contributed by atoms with E-state index in [9.17, 15) is 8.42 Å². The highest BCUT2D eigenvalue weighted by Crippen LogP contribution is 2.25. The number of nitrogens with one attached hydrogen (secondary N) is 1. The SMILES string of the molecule is COc1ccc(CO)cc1S(=O)(=O)NCc1cscn1. The highest BCUT2D eigenvalue weighted by molar-refractivity contribution is 7.89. The highest BCUT2D eigenvalue weighted by atomic mass is 32.2. The van der Waals surface area contributed by atoms with Gasteiger partial charge in [0, 0.05) is 5.38 Å². The lowest BCUT2D eigenvalue weighted by molar-refractivity contribution is 0.281. The van der Waals surface area contributed by atoms with Crippen LogP contribution in [0.15, 0.2) is 34.0 Å². The number of benzene rings is 1. The van der Waals surface area contributed by atoms with Gasteiger partial charge in [-0.2, -0.15) is 0 Å². The molecule has 0 saturated carbocycles. The average molecular weight is 314 g/mol. The fourth-order valence-corrected chi connectivity index (χ4v) is 3.38. The summed E-state index contributed by atoms with van der Waals surface area (Å²) < 4.78 is 32.1. The number of aliphatic hydroxyl groups is 1. The number of methoxy groups -OCH3 is 1. The lowest BCUT2D eigenvalue weighted by Gasteiger charge is -2.11. The van der Waals surface area contributed by atoms with Crippen molar-refractivity contribution in [3.63, 3.8) is 0 Å². The summed E-state index contributed by atoms with van der Waals surface area (Å²) >= 11 is 1.40. The standard InChI is InChI=1S/C12H14N2O4S2/c1-18-11-3-2-9(6-15)4-12(11)20(16,17)14-5-10-7-19-8-13-10/h2-4,7-8,14-15H,5-6H2,1H3. The second kappa shape index (κ2) is 6.31. The smallest absolute Gasteiger partial charge is 0.244 e. The van der Waals surface area contributed by atoms with Crippen LogP contribution in [0.25, 0.3) is 0 Å². The Bertz CT molecular complexity index is 669. The molecule has 1 aromatic heterocycles. The monoisotopic (exact) mass is 314 g/mol. The molecule has 0 aliphatic rings. The average Bonchev–Trinajstić information content (AvgIpc) is 2.98. The first-order valence-corrected chi connectivity index (χ1v) is 8.14. The first kappa shape index (κ1) is 14.9. The van der Waals surface area contributed by atoms with Gasteiger partial charge in [-0.25, -0.2) is 18.1 Å². The van der Waals surface area contributed by atoms with Gasteiger partial charge in [0.05, 0.1) is 31.5 Å². The molecule has 0 amide bonds. The summed E-state index contributed by atoms with van der Waals surface area (Å²) in [4.78, 5) is 4.01. The summed E-state index contributed by atoms with van der Waals surface area (Å²) in [6.45, 7) is -0.128. The zero-order valence-electron chi connectivity index (χ0n) is 10.7.